The summed E-state index contributed by atoms with van der Waals surface area (Å²) in [6.07, 6.45) is 3.50. The number of carbonyl (C=O) groups excluding carboxylic acids is 1. The molecule has 6 nitrogen and oxygen atoms in total. The van der Waals surface area contributed by atoms with Crippen LogP contribution in [0.5, 0.6) is 17.2 Å². The zero-order valence-electron chi connectivity index (χ0n) is 16.2. The number of pyridine rings is 1. The van der Waals surface area contributed by atoms with Crippen molar-refractivity contribution in [2.24, 2.45) is 0 Å². The van der Waals surface area contributed by atoms with Gasteiger partial charge >= 0.3 is 0 Å². The van der Waals surface area contributed by atoms with Gasteiger partial charge in [0.25, 0.3) is 5.91 Å². The highest BCUT2D eigenvalue weighted by Crippen LogP contribution is 2.32. The molecule has 29 heavy (non-hydrogen) atoms. The van der Waals surface area contributed by atoms with Gasteiger partial charge in [0.2, 0.25) is 6.79 Å². The summed E-state index contributed by atoms with van der Waals surface area (Å²) in [7, 11) is 0. The molecule has 148 valence electrons. The Morgan fingerprint density at radius 3 is 2.66 bits per heavy atom. The smallest absolute Gasteiger partial charge is 0.254 e. The maximum Gasteiger partial charge on any atom is 0.254 e. The molecule has 0 unspecified atom stereocenters. The number of nitrogens with zero attached hydrogens (tertiary/aromatic N) is 2. The Morgan fingerprint density at radius 1 is 1.07 bits per heavy atom. The molecule has 1 aromatic heterocycles. The molecular formula is C23H22N2O4. The van der Waals surface area contributed by atoms with Gasteiger partial charge in [-0.2, -0.15) is 0 Å². The first-order valence-electron chi connectivity index (χ1n) is 9.52. The number of ether oxygens (including phenoxy) is 3. The molecule has 0 fully saturated rings. The van der Waals surface area contributed by atoms with E-state index < -0.39 is 0 Å². The second kappa shape index (κ2) is 8.65. The highest BCUT2D eigenvalue weighted by Gasteiger charge is 2.18. The van der Waals surface area contributed by atoms with E-state index in [-0.39, 0.29) is 12.7 Å². The fourth-order valence-electron chi connectivity index (χ4n) is 3.11. The standard InChI is InChI=1S/C23H22N2O4/c1-2-25(14-17-5-10-21-22(12-17)29-16-28-21)23(26)19-6-8-20(9-7-19)27-15-18-4-3-11-24-13-18/h3-13H,2,14-16H2,1H3. The molecule has 0 aliphatic carbocycles. The minimum atomic E-state index is -0.0241. The second-order valence-electron chi connectivity index (χ2n) is 6.68. The predicted octanol–water partition coefficient (Wildman–Crippen LogP) is 4.05. The summed E-state index contributed by atoms with van der Waals surface area (Å²) in [5.74, 6) is 2.15. The molecule has 3 aromatic rings. The Balaban J connectivity index is 1.39. The van der Waals surface area contributed by atoms with Crippen molar-refractivity contribution >= 4 is 5.91 Å². The first-order valence-corrected chi connectivity index (χ1v) is 9.52. The van der Waals surface area contributed by atoms with Crippen LogP contribution in [0.2, 0.25) is 0 Å². The molecule has 0 radical (unpaired) electrons. The number of aromatic nitrogens is 1. The summed E-state index contributed by atoms with van der Waals surface area (Å²) >= 11 is 0. The molecule has 1 amide bonds. The fourth-order valence-corrected chi connectivity index (χ4v) is 3.11. The van der Waals surface area contributed by atoms with Crippen LogP contribution in [0.25, 0.3) is 0 Å². The quantitative estimate of drug-likeness (QED) is 0.609. The molecule has 1 aliphatic heterocycles. The van der Waals surface area contributed by atoms with Gasteiger partial charge in [0.05, 0.1) is 0 Å². The van der Waals surface area contributed by atoms with E-state index in [9.17, 15) is 4.79 Å². The molecule has 6 heteroatoms. The average Bonchev–Trinajstić information content (AvgIpc) is 3.24. The van der Waals surface area contributed by atoms with Crippen molar-refractivity contribution in [3.8, 4) is 17.2 Å². The van der Waals surface area contributed by atoms with E-state index in [1.165, 1.54) is 0 Å². The minimum absolute atomic E-state index is 0.0241. The summed E-state index contributed by atoms with van der Waals surface area (Å²) in [4.78, 5) is 18.8. The first-order chi connectivity index (χ1) is 14.2. The van der Waals surface area contributed by atoms with Crippen LogP contribution in [0, 0.1) is 0 Å². The maximum absolute atomic E-state index is 12.9. The van der Waals surface area contributed by atoms with Crippen LogP contribution in [-0.2, 0) is 13.2 Å². The lowest BCUT2D eigenvalue weighted by molar-refractivity contribution is 0.0752. The van der Waals surface area contributed by atoms with E-state index in [2.05, 4.69) is 4.98 Å². The van der Waals surface area contributed by atoms with Crippen molar-refractivity contribution in [2.75, 3.05) is 13.3 Å². The van der Waals surface area contributed by atoms with Crippen molar-refractivity contribution in [1.82, 2.24) is 9.88 Å². The highest BCUT2D eigenvalue weighted by molar-refractivity contribution is 5.94. The number of fused-ring (bicyclic) bond motifs is 1. The van der Waals surface area contributed by atoms with Crippen LogP contribution in [0.1, 0.15) is 28.4 Å². The second-order valence-corrected chi connectivity index (χ2v) is 6.68. The molecule has 2 aromatic carbocycles. The largest absolute Gasteiger partial charge is 0.489 e. The SMILES string of the molecule is CCN(Cc1ccc2c(c1)OCO2)C(=O)c1ccc(OCc2cccnc2)cc1. The van der Waals surface area contributed by atoms with Gasteiger partial charge in [-0.25, -0.2) is 0 Å². The van der Waals surface area contributed by atoms with Crippen molar-refractivity contribution < 1.29 is 19.0 Å². The normalized spacial score (nSPS) is 11.9. The van der Waals surface area contributed by atoms with E-state index in [0.29, 0.717) is 31.0 Å². The Hall–Kier alpha value is -3.54. The van der Waals surface area contributed by atoms with E-state index in [1.54, 1.807) is 29.4 Å². The van der Waals surface area contributed by atoms with E-state index >= 15 is 0 Å². The molecule has 0 atom stereocenters. The Labute approximate surface area is 169 Å². The third-order valence-electron chi connectivity index (χ3n) is 4.71. The van der Waals surface area contributed by atoms with Crippen molar-refractivity contribution in [3.05, 3.63) is 83.7 Å². The number of hydrogen-bond donors (Lipinski definition) is 0. The van der Waals surface area contributed by atoms with Crippen LogP contribution < -0.4 is 14.2 Å². The fraction of sp³-hybridized carbons (Fsp3) is 0.217. The third-order valence-corrected chi connectivity index (χ3v) is 4.71. The third kappa shape index (κ3) is 4.48. The van der Waals surface area contributed by atoms with Crippen molar-refractivity contribution in [2.45, 2.75) is 20.1 Å². The van der Waals surface area contributed by atoms with Gasteiger partial charge in [-0.05, 0) is 55.0 Å². The van der Waals surface area contributed by atoms with Crippen molar-refractivity contribution in [3.63, 3.8) is 0 Å². The molecule has 0 bridgehead atoms. The van der Waals surface area contributed by atoms with Crippen molar-refractivity contribution in [1.29, 1.82) is 0 Å². The zero-order valence-corrected chi connectivity index (χ0v) is 16.2. The number of carbonyl (C=O) groups is 1. The van der Waals surface area contributed by atoms with Crippen LogP contribution in [0.4, 0.5) is 0 Å². The molecule has 0 N–H and O–H groups in total. The van der Waals surface area contributed by atoms with E-state index in [4.69, 9.17) is 14.2 Å². The number of benzene rings is 2. The lowest BCUT2D eigenvalue weighted by Gasteiger charge is -2.21. The van der Waals surface area contributed by atoms with E-state index in [1.807, 2.05) is 49.4 Å². The summed E-state index contributed by atoms with van der Waals surface area (Å²) in [5, 5.41) is 0. The lowest BCUT2D eigenvalue weighted by atomic mass is 10.1. The van der Waals surface area contributed by atoms with Crippen LogP contribution >= 0.6 is 0 Å². The molecule has 1 aliphatic rings. The predicted molar refractivity (Wildman–Crippen MR) is 108 cm³/mol. The summed E-state index contributed by atoms with van der Waals surface area (Å²) in [6, 6.07) is 16.8. The van der Waals surface area contributed by atoms with Gasteiger partial charge in [-0.15, -0.1) is 0 Å². The topological polar surface area (TPSA) is 60.9 Å². The Bertz CT molecular complexity index is 974. The van der Waals surface area contributed by atoms with Crippen LogP contribution in [-0.4, -0.2) is 29.1 Å². The molecule has 0 saturated heterocycles. The number of rotatable bonds is 7. The minimum Gasteiger partial charge on any atom is -0.489 e. The number of hydrogen-bond acceptors (Lipinski definition) is 5. The van der Waals surface area contributed by atoms with Gasteiger partial charge in [-0.1, -0.05) is 12.1 Å². The van der Waals surface area contributed by atoms with E-state index in [0.717, 1.165) is 22.6 Å². The summed E-state index contributed by atoms with van der Waals surface area (Å²) in [5.41, 5.74) is 2.62. The molecule has 2 heterocycles. The first kappa shape index (κ1) is 18.8. The lowest BCUT2D eigenvalue weighted by Crippen LogP contribution is -2.30. The Kier molecular flexibility index (Phi) is 5.61. The Morgan fingerprint density at radius 2 is 1.90 bits per heavy atom. The highest BCUT2D eigenvalue weighted by atomic mass is 16.7. The molecule has 0 saturated carbocycles. The van der Waals surface area contributed by atoms with Gasteiger partial charge < -0.3 is 19.1 Å². The maximum atomic E-state index is 12.9. The van der Waals surface area contributed by atoms with Crippen LogP contribution in [0.15, 0.2) is 67.0 Å². The monoisotopic (exact) mass is 390 g/mol. The van der Waals surface area contributed by atoms with Gasteiger partial charge in [0, 0.05) is 36.6 Å². The molecule has 4 rings (SSSR count). The summed E-state index contributed by atoms with van der Waals surface area (Å²) in [6.45, 7) is 3.75. The zero-order chi connectivity index (χ0) is 20.1. The molecule has 0 spiro atoms. The molecular weight excluding hydrogens is 368 g/mol. The average molecular weight is 390 g/mol. The van der Waals surface area contributed by atoms with Gasteiger partial charge in [0.15, 0.2) is 11.5 Å². The van der Waals surface area contributed by atoms with Gasteiger partial charge in [0.1, 0.15) is 12.4 Å². The summed E-state index contributed by atoms with van der Waals surface area (Å²) < 4.78 is 16.5. The number of amides is 1. The van der Waals surface area contributed by atoms with Crippen LogP contribution in [0.3, 0.4) is 0 Å². The van der Waals surface area contributed by atoms with Gasteiger partial charge in [-0.3, -0.25) is 9.78 Å².